The number of imidazole rings is 2. The number of allylic oxidation sites excluding steroid dienone is 5. The molecule has 2 atom stereocenters. The van der Waals surface area contributed by atoms with E-state index in [0.29, 0.717) is 74.8 Å². The molecule has 65 heavy (non-hydrogen) atoms. The Labute approximate surface area is 366 Å². The average Bonchev–Trinajstić information content (AvgIpc) is 3.95. The van der Waals surface area contributed by atoms with Crippen LogP contribution in [-0.2, 0) is 18.8 Å². The molecule has 10 rings (SSSR count). The summed E-state index contributed by atoms with van der Waals surface area (Å²) in [6, 6.07) is 29.5. The Morgan fingerprint density at radius 1 is 0.631 bits per heavy atom. The van der Waals surface area contributed by atoms with Crippen molar-refractivity contribution in [3.63, 3.8) is 0 Å². The molecule has 0 saturated carbocycles. The van der Waals surface area contributed by atoms with E-state index < -0.39 is 47.3 Å². The Kier molecular flexibility index (Phi) is 9.88. The van der Waals surface area contributed by atoms with Gasteiger partial charge in [0.15, 0.2) is 0 Å². The number of fused-ring (bicyclic) bond motifs is 3. The van der Waals surface area contributed by atoms with Gasteiger partial charge in [-0.05, 0) is 122 Å². The number of alkyl halides is 9. The van der Waals surface area contributed by atoms with E-state index in [9.17, 15) is 39.5 Å². The number of para-hydroxylation sites is 4. The van der Waals surface area contributed by atoms with Gasteiger partial charge >= 0.3 is 18.5 Å². The summed E-state index contributed by atoms with van der Waals surface area (Å²) in [5, 5.41) is 0. The van der Waals surface area contributed by atoms with Gasteiger partial charge in [0.05, 0.1) is 50.5 Å². The summed E-state index contributed by atoms with van der Waals surface area (Å²) >= 11 is 0. The molecule has 3 heterocycles. The first-order chi connectivity index (χ1) is 30.9. The van der Waals surface area contributed by atoms with Gasteiger partial charge in [-0.15, -0.1) is 0 Å². The lowest BCUT2D eigenvalue weighted by molar-refractivity contribution is -0.138. The minimum atomic E-state index is -4.66. The summed E-state index contributed by atoms with van der Waals surface area (Å²) in [7, 11) is 1.81. The van der Waals surface area contributed by atoms with E-state index in [0.717, 1.165) is 30.3 Å². The normalized spacial score (nSPS) is 17.6. The van der Waals surface area contributed by atoms with Crippen LogP contribution in [0.4, 0.5) is 56.6 Å². The Balaban J connectivity index is 1.27. The Bertz CT molecular complexity index is 3110. The number of halogens is 9. The van der Waals surface area contributed by atoms with Crippen molar-refractivity contribution in [1.82, 2.24) is 19.1 Å². The van der Waals surface area contributed by atoms with Gasteiger partial charge in [-0.1, -0.05) is 55.5 Å². The van der Waals surface area contributed by atoms with Crippen molar-refractivity contribution in [2.75, 3.05) is 16.8 Å². The van der Waals surface area contributed by atoms with E-state index in [1.807, 2.05) is 48.4 Å². The highest BCUT2D eigenvalue weighted by Crippen LogP contribution is 2.51. The molecule has 0 spiro atoms. The highest BCUT2D eigenvalue weighted by Gasteiger charge is 2.40. The zero-order valence-electron chi connectivity index (χ0n) is 34.6. The van der Waals surface area contributed by atoms with Gasteiger partial charge in [-0.25, -0.2) is 9.97 Å². The maximum Gasteiger partial charge on any atom is 0.416 e. The molecule has 2 aliphatic carbocycles. The summed E-state index contributed by atoms with van der Waals surface area (Å²) in [6.45, 7) is 1.71. The zero-order chi connectivity index (χ0) is 45.6. The van der Waals surface area contributed by atoms with E-state index in [1.165, 1.54) is 18.2 Å². The van der Waals surface area contributed by atoms with E-state index in [1.54, 1.807) is 75.6 Å². The maximum absolute atomic E-state index is 14.4. The number of aromatic nitrogens is 4. The molecule has 15 heteroatoms. The summed E-state index contributed by atoms with van der Waals surface area (Å²) in [4.78, 5) is 13.8. The fourth-order valence-corrected chi connectivity index (χ4v) is 9.30. The van der Waals surface area contributed by atoms with Crippen LogP contribution in [0.1, 0.15) is 54.0 Å². The lowest BCUT2D eigenvalue weighted by Gasteiger charge is -2.32. The summed E-state index contributed by atoms with van der Waals surface area (Å²) < 4.78 is 132. The van der Waals surface area contributed by atoms with Crippen molar-refractivity contribution in [3.8, 4) is 28.5 Å². The Morgan fingerprint density at radius 3 is 1.95 bits per heavy atom. The number of hydrogen-bond donors (Lipinski definition) is 0. The zero-order valence-corrected chi connectivity index (χ0v) is 34.6. The van der Waals surface area contributed by atoms with Gasteiger partial charge in [-0.2, -0.15) is 39.5 Å². The van der Waals surface area contributed by atoms with Crippen LogP contribution in [0, 0.1) is 5.92 Å². The molecule has 330 valence electrons. The SMILES string of the molecule is CC1C=C(C(F)(F)F)C=C(n2c(-c3cc(-c4nc5ccccc5n4-c4cccc(C(F)(F)F)c4)cc(C4N(C)c5ccccc5N4c4cccc(C(F)(F)F)c4)c3)nc3c2C=CCC3)C1. The molecule has 0 bridgehead atoms. The van der Waals surface area contributed by atoms with E-state index in [-0.39, 0.29) is 23.6 Å². The van der Waals surface area contributed by atoms with Crippen LogP contribution in [0.25, 0.3) is 51.3 Å². The first-order valence-electron chi connectivity index (χ1n) is 20.8. The first kappa shape index (κ1) is 42.0. The largest absolute Gasteiger partial charge is 0.416 e. The second-order valence-corrected chi connectivity index (χ2v) is 16.5. The van der Waals surface area contributed by atoms with Crippen molar-refractivity contribution >= 4 is 39.9 Å². The second kappa shape index (κ2) is 15.3. The number of benzene rings is 5. The third-order valence-electron chi connectivity index (χ3n) is 12.1. The predicted molar refractivity (Wildman–Crippen MR) is 233 cm³/mol. The monoisotopic (exact) mass is 892 g/mol. The summed E-state index contributed by atoms with van der Waals surface area (Å²) in [5.41, 5.74) is 3.19. The second-order valence-electron chi connectivity index (χ2n) is 16.5. The molecule has 7 aromatic rings. The smallest absolute Gasteiger partial charge is 0.349 e. The fourth-order valence-electron chi connectivity index (χ4n) is 9.30. The van der Waals surface area contributed by atoms with Crippen LogP contribution in [0.5, 0.6) is 0 Å². The summed E-state index contributed by atoms with van der Waals surface area (Å²) in [6.07, 6.45) is -7.21. The molecular weight excluding hydrogens is 856 g/mol. The van der Waals surface area contributed by atoms with Crippen molar-refractivity contribution < 1.29 is 39.5 Å². The van der Waals surface area contributed by atoms with Crippen LogP contribution < -0.4 is 9.80 Å². The Hall–Kier alpha value is -7.03. The molecule has 2 unspecified atom stereocenters. The lowest BCUT2D eigenvalue weighted by atomic mass is 9.94. The number of rotatable bonds is 6. The molecular formula is C50H37F9N6. The van der Waals surface area contributed by atoms with Gasteiger partial charge in [-0.3, -0.25) is 9.13 Å². The van der Waals surface area contributed by atoms with Crippen molar-refractivity contribution in [2.24, 2.45) is 5.92 Å². The average molecular weight is 893 g/mol. The molecule has 0 saturated heterocycles. The van der Waals surface area contributed by atoms with Gasteiger partial charge in [0.1, 0.15) is 17.8 Å². The van der Waals surface area contributed by atoms with Crippen molar-refractivity contribution in [1.29, 1.82) is 0 Å². The first-order valence-corrected chi connectivity index (χ1v) is 20.8. The van der Waals surface area contributed by atoms with Crippen LogP contribution in [-0.4, -0.2) is 32.3 Å². The molecule has 1 aliphatic heterocycles. The van der Waals surface area contributed by atoms with Gasteiger partial charge in [0, 0.05) is 35.2 Å². The third kappa shape index (κ3) is 7.45. The van der Waals surface area contributed by atoms with Gasteiger partial charge < -0.3 is 9.80 Å². The lowest BCUT2D eigenvalue weighted by Crippen LogP contribution is -2.30. The van der Waals surface area contributed by atoms with Crippen molar-refractivity contribution in [2.45, 2.75) is 50.9 Å². The van der Waals surface area contributed by atoms with E-state index >= 15 is 0 Å². The molecule has 0 fully saturated rings. The molecule has 0 radical (unpaired) electrons. The van der Waals surface area contributed by atoms with Crippen LogP contribution in [0.15, 0.2) is 139 Å². The van der Waals surface area contributed by atoms with Crippen molar-refractivity contribution in [3.05, 3.63) is 167 Å². The summed E-state index contributed by atoms with van der Waals surface area (Å²) in [5.74, 6) is 0.0797. The van der Waals surface area contributed by atoms with E-state index in [4.69, 9.17) is 9.97 Å². The van der Waals surface area contributed by atoms with Gasteiger partial charge in [0.25, 0.3) is 0 Å². The number of aryl methyl sites for hydroxylation is 1. The standard InChI is InChI=1S/C50H37F9N6/c1-29-21-35(50(57,58)59)28-38(22-29)64-42-18-6-4-16-40(42)61-46(64)31-23-30(45-60-39-15-3-5-17-41(39)63(45)36-13-9-11-33(26-36)48(51,52)53)24-32(25-31)47-62(2)43-19-7-8-20-44(43)65(47)37-14-10-12-34(27-37)49(54,55)56/h3,5-15,17-21,23-29,47H,4,16,22H2,1-2H3. The fraction of sp³-hybridized carbons (Fsp3) is 0.200. The van der Waals surface area contributed by atoms with Gasteiger partial charge in [0.2, 0.25) is 0 Å². The Morgan fingerprint density at radius 2 is 1.26 bits per heavy atom. The number of anilines is 3. The number of nitrogens with zero attached hydrogens (tertiary/aromatic N) is 6. The van der Waals surface area contributed by atoms with Crippen LogP contribution in [0.2, 0.25) is 0 Å². The molecule has 0 N–H and O–H groups in total. The molecule has 3 aliphatic rings. The highest BCUT2D eigenvalue weighted by atomic mass is 19.4. The minimum Gasteiger partial charge on any atom is -0.349 e. The third-order valence-corrected chi connectivity index (χ3v) is 12.1. The molecule has 6 nitrogen and oxygen atoms in total. The number of hydrogen-bond acceptors (Lipinski definition) is 4. The van der Waals surface area contributed by atoms with Crippen LogP contribution in [0.3, 0.4) is 0 Å². The molecule has 0 amide bonds. The maximum atomic E-state index is 14.4. The van der Waals surface area contributed by atoms with E-state index in [2.05, 4.69) is 0 Å². The minimum absolute atomic E-state index is 0.168. The highest BCUT2D eigenvalue weighted by molar-refractivity contribution is 5.87. The van der Waals surface area contributed by atoms with Crippen LogP contribution >= 0.6 is 0 Å². The topological polar surface area (TPSA) is 42.1 Å². The molecule has 2 aromatic heterocycles. The predicted octanol–water partition coefficient (Wildman–Crippen LogP) is 14.2. The molecule has 5 aromatic carbocycles. The quantitative estimate of drug-likeness (QED) is 0.156.